The Kier molecular flexibility index (Phi) is 5.39. The summed E-state index contributed by atoms with van der Waals surface area (Å²) in [5, 5.41) is 9.42. The zero-order chi connectivity index (χ0) is 17.6. The number of rotatable bonds is 5. The number of carbonyl (C=O) groups excluding carboxylic acids is 2. The van der Waals surface area contributed by atoms with Crippen LogP contribution < -0.4 is 10.6 Å². The summed E-state index contributed by atoms with van der Waals surface area (Å²) in [5.41, 5.74) is 1.04. The molecule has 2 atom stereocenters. The smallest absolute Gasteiger partial charge is 0.314 e. The number of ether oxygens (including phenoxy) is 1. The highest BCUT2D eigenvalue weighted by molar-refractivity contribution is 6.39. The van der Waals surface area contributed by atoms with Gasteiger partial charge in [0.25, 0.3) is 0 Å². The van der Waals surface area contributed by atoms with Crippen molar-refractivity contribution in [3.05, 3.63) is 42.4 Å². The first-order valence-electron chi connectivity index (χ1n) is 8.27. The monoisotopic (exact) mass is 343 g/mol. The maximum absolute atomic E-state index is 12.0. The van der Waals surface area contributed by atoms with Gasteiger partial charge in [-0.1, -0.05) is 0 Å². The standard InChI is InChI=1S/C17H21N5O3/c1-12(14-3-2-10-25-14)19-16(23)17(24)20-15-6-9-22(21-15)11-13-4-7-18-8-5-13/h4-9,12,14H,2-3,10-11H2,1H3,(H,19,23)(H,20,21,24)/t12-,14+/m0/s1. The molecule has 0 saturated carbocycles. The predicted molar refractivity (Wildman–Crippen MR) is 90.8 cm³/mol. The third-order valence-electron chi connectivity index (χ3n) is 4.06. The molecule has 0 spiro atoms. The number of aromatic nitrogens is 3. The van der Waals surface area contributed by atoms with Crippen LogP contribution in [0.4, 0.5) is 5.82 Å². The Labute approximate surface area is 145 Å². The van der Waals surface area contributed by atoms with Crippen molar-refractivity contribution in [2.45, 2.75) is 38.5 Å². The highest BCUT2D eigenvalue weighted by Crippen LogP contribution is 2.15. The lowest BCUT2D eigenvalue weighted by Gasteiger charge is -2.19. The van der Waals surface area contributed by atoms with E-state index in [1.807, 2.05) is 19.1 Å². The molecule has 1 aliphatic heterocycles. The van der Waals surface area contributed by atoms with E-state index in [9.17, 15) is 9.59 Å². The highest BCUT2D eigenvalue weighted by Gasteiger charge is 2.26. The fourth-order valence-corrected chi connectivity index (χ4v) is 2.73. The number of pyridine rings is 1. The Morgan fingerprint density at radius 3 is 2.84 bits per heavy atom. The molecule has 2 aromatic heterocycles. The topological polar surface area (TPSA) is 98.1 Å². The van der Waals surface area contributed by atoms with E-state index in [0.29, 0.717) is 19.0 Å². The van der Waals surface area contributed by atoms with Gasteiger partial charge in [-0.05, 0) is 37.5 Å². The van der Waals surface area contributed by atoms with Gasteiger partial charge in [0, 0.05) is 31.3 Å². The second kappa shape index (κ2) is 7.89. The fourth-order valence-electron chi connectivity index (χ4n) is 2.73. The summed E-state index contributed by atoms with van der Waals surface area (Å²) < 4.78 is 7.19. The van der Waals surface area contributed by atoms with E-state index in [-0.39, 0.29) is 12.1 Å². The molecular formula is C17H21N5O3. The zero-order valence-electron chi connectivity index (χ0n) is 14.0. The summed E-state index contributed by atoms with van der Waals surface area (Å²) in [6, 6.07) is 5.22. The van der Waals surface area contributed by atoms with Crippen LogP contribution in [0.2, 0.25) is 0 Å². The summed E-state index contributed by atoms with van der Waals surface area (Å²) in [6.07, 6.45) is 7.00. The maximum Gasteiger partial charge on any atom is 0.314 e. The zero-order valence-corrected chi connectivity index (χ0v) is 14.0. The average molecular weight is 343 g/mol. The van der Waals surface area contributed by atoms with Crippen LogP contribution in [-0.4, -0.2) is 45.3 Å². The van der Waals surface area contributed by atoms with Crippen molar-refractivity contribution in [3.63, 3.8) is 0 Å². The van der Waals surface area contributed by atoms with Crippen LogP contribution in [0.15, 0.2) is 36.8 Å². The van der Waals surface area contributed by atoms with E-state index in [0.717, 1.165) is 18.4 Å². The van der Waals surface area contributed by atoms with Gasteiger partial charge in [-0.15, -0.1) is 0 Å². The van der Waals surface area contributed by atoms with Crippen LogP contribution in [0.3, 0.4) is 0 Å². The molecule has 1 fully saturated rings. The minimum Gasteiger partial charge on any atom is -0.376 e. The molecule has 8 nitrogen and oxygen atoms in total. The number of hydrogen-bond donors (Lipinski definition) is 2. The van der Waals surface area contributed by atoms with E-state index < -0.39 is 11.8 Å². The Hall–Kier alpha value is -2.74. The van der Waals surface area contributed by atoms with E-state index in [1.54, 1.807) is 29.3 Å². The number of nitrogens with zero attached hydrogens (tertiary/aromatic N) is 3. The number of anilines is 1. The summed E-state index contributed by atoms with van der Waals surface area (Å²) in [6.45, 7) is 3.09. The summed E-state index contributed by atoms with van der Waals surface area (Å²) >= 11 is 0. The molecule has 2 amide bonds. The quantitative estimate of drug-likeness (QED) is 0.788. The minimum absolute atomic E-state index is 0.0312. The van der Waals surface area contributed by atoms with Crippen molar-refractivity contribution < 1.29 is 14.3 Å². The molecule has 0 unspecified atom stereocenters. The number of amides is 2. The molecule has 1 aliphatic rings. The number of carbonyl (C=O) groups is 2. The second-order valence-corrected chi connectivity index (χ2v) is 6.02. The lowest BCUT2D eigenvalue weighted by Crippen LogP contribution is -2.45. The van der Waals surface area contributed by atoms with Gasteiger partial charge in [0.05, 0.1) is 18.7 Å². The molecule has 0 radical (unpaired) electrons. The molecule has 3 rings (SSSR count). The van der Waals surface area contributed by atoms with Gasteiger partial charge in [-0.2, -0.15) is 5.10 Å². The van der Waals surface area contributed by atoms with Gasteiger partial charge in [-0.25, -0.2) is 0 Å². The fraction of sp³-hybridized carbons (Fsp3) is 0.412. The summed E-state index contributed by atoms with van der Waals surface area (Å²) in [4.78, 5) is 28.0. The van der Waals surface area contributed by atoms with Crippen molar-refractivity contribution >= 4 is 17.6 Å². The SMILES string of the molecule is C[C@H](NC(=O)C(=O)Nc1ccn(Cc2ccncc2)n1)[C@H]1CCCO1. The van der Waals surface area contributed by atoms with Crippen molar-refractivity contribution in [2.75, 3.05) is 11.9 Å². The van der Waals surface area contributed by atoms with E-state index in [4.69, 9.17) is 4.74 Å². The normalized spacial score (nSPS) is 17.9. The van der Waals surface area contributed by atoms with Gasteiger partial charge < -0.3 is 15.4 Å². The Morgan fingerprint density at radius 2 is 2.12 bits per heavy atom. The molecule has 2 aromatic rings. The van der Waals surface area contributed by atoms with Crippen LogP contribution in [-0.2, 0) is 20.9 Å². The van der Waals surface area contributed by atoms with Crippen molar-refractivity contribution in [1.29, 1.82) is 0 Å². The average Bonchev–Trinajstić information content (AvgIpc) is 3.28. The Balaban J connectivity index is 1.51. The predicted octanol–water partition coefficient (Wildman–Crippen LogP) is 0.949. The summed E-state index contributed by atoms with van der Waals surface area (Å²) in [5.74, 6) is -1.09. The van der Waals surface area contributed by atoms with Crippen LogP contribution in [0.5, 0.6) is 0 Å². The van der Waals surface area contributed by atoms with Gasteiger partial charge in [0.1, 0.15) is 0 Å². The molecule has 8 heteroatoms. The molecule has 132 valence electrons. The van der Waals surface area contributed by atoms with E-state index in [2.05, 4.69) is 20.7 Å². The van der Waals surface area contributed by atoms with Crippen LogP contribution >= 0.6 is 0 Å². The molecule has 1 saturated heterocycles. The lowest BCUT2D eigenvalue weighted by atomic mass is 10.1. The van der Waals surface area contributed by atoms with Gasteiger partial charge in [0.15, 0.2) is 5.82 Å². The van der Waals surface area contributed by atoms with Gasteiger partial charge >= 0.3 is 11.8 Å². The Morgan fingerprint density at radius 1 is 1.32 bits per heavy atom. The van der Waals surface area contributed by atoms with Crippen molar-refractivity contribution in [1.82, 2.24) is 20.1 Å². The second-order valence-electron chi connectivity index (χ2n) is 6.02. The lowest BCUT2D eigenvalue weighted by molar-refractivity contribution is -0.137. The van der Waals surface area contributed by atoms with Crippen LogP contribution in [0.25, 0.3) is 0 Å². The number of nitrogens with one attached hydrogen (secondary N) is 2. The highest BCUT2D eigenvalue weighted by atomic mass is 16.5. The molecule has 0 aromatic carbocycles. The van der Waals surface area contributed by atoms with Crippen LogP contribution in [0, 0.1) is 0 Å². The van der Waals surface area contributed by atoms with E-state index >= 15 is 0 Å². The third-order valence-corrected chi connectivity index (χ3v) is 4.06. The molecule has 2 N–H and O–H groups in total. The molecule has 25 heavy (non-hydrogen) atoms. The largest absolute Gasteiger partial charge is 0.376 e. The van der Waals surface area contributed by atoms with Crippen molar-refractivity contribution in [2.24, 2.45) is 0 Å². The van der Waals surface area contributed by atoms with Crippen LogP contribution in [0.1, 0.15) is 25.3 Å². The molecule has 3 heterocycles. The maximum atomic E-state index is 12.0. The van der Waals surface area contributed by atoms with Gasteiger partial charge in [-0.3, -0.25) is 19.3 Å². The molecular weight excluding hydrogens is 322 g/mol. The number of hydrogen-bond acceptors (Lipinski definition) is 5. The third kappa shape index (κ3) is 4.63. The first-order valence-corrected chi connectivity index (χ1v) is 8.27. The van der Waals surface area contributed by atoms with Gasteiger partial charge in [0.2, 0.25) is 0 Å². The minimum atomic E-state index is -0.737. The first-order chi connectivity index (χ1) is 12.1. The van der Waals surface area contributed by atoms with Crippen molar-refractivity contribution in [3.8, 4) is 0 Å². The first kappa shape index (κ1) is 17.1. The molecule has 0 bridgehead atoms. The molecule has 0 aliphatic carbocycles. The van der Waals surface area contributed by atoms with E-state index in [1.165, 1.54) is 0 Å². The summed E-state index contributed by atoms with van der Waals surface area (Å²) in [7, 11) is 0. The Bertz CT molecular complexity index is 725.